The van der Waals surface area contributed by atoms with E-state index in [2.05, 4.69) is 10.3 Å². The first kappa shape index (κ1) is 13.5. The predicted octanol–water partition coefficient (Wildman–Crippen LogP) is 2.23. The number of pyridine rings is 1. The van der Waals surface area contributed by atoms with Gasteiger partial charge in [0.1, 0.15) is 5.76 Å². The van der Waals surface area contributed by atoms with Crippen LogP contribution in [0, 0.1) is 0 Å². The summed E-state index contributed by atoms with van der Waals surface area (Å²) in [5.74, 6) is 0.985. The summed E-state index contributed by atoms with van der Waals surface area (Å²) in [7, 11) is 0. The average molecular weight is 277 g/mol. The fourth-order valence-corrected chi connectivity index (χ4v) is 2.16. The zero-order valence-corrected chi connectivity index (χ0v) is 11.3. The maximum atomic E-state index is 11.8. The highest BCUT2D eigenvalue weighted by molar-refractivity contribution is 7.99. The molecule has 1 amide bonds. The van der Waals surface area contributed by atoms with Crippen LogP contribution in [0.5, 0.6) is 0 Å². The molecule has 3 N–H and O–H groups in total. The lowest BCUT2D eigenvalue weighted by Gasteiger charge is -2.10. The molecular weight excluding hydrogens is 262 g/mol. The molecule has 1 unspecified atom stereocenters. The van der Waals surface area contributed by atoms with Crippen molar-refractivity contribution in [2.24, 2.45) is 0 Å². The normalized spacial score (nSPS) is 12.1. The Morgan fingerprint density at radius 2 is 2.37 bits per heavy atom. The Labute approximate surface area is 115 Å². The molecule has 0 aliphatic heterocycles. The lowest BCUT2D eigenvalue weighted by atomic mass is 10.2. The van der Waals surface area contributed by atoms with Gasteiger partial charge in [0.25, 0.3) is 0 Å². The van der Waals surface area contributed by atoms with Crippen molar-refractivity contribution in [1.82, 2.24) is 10.3 Å². The third-order valence-corrected chi connectivity index (χ3v) is 3.40. The highest BCUT2D eigenvalue weighted by atomic mass is 32.2. The Bertz CT molecular complexity index is 525. The number of anilines is 1. The van der Waals surface area contributed by atoms with Gasteiger partial charge in [-0.05, 0) is 31.2 Å². The SMILES string of the molecule is CC(NC(=O)CSc1ccc(N)cn1)c1ccco1. The van der Waals surface area contributed by atoms with Gasteiger partial charge in [-0.2, -0.15) is 0 Å². The van der Waals surface area contributed by atoms with Crippen molar-refractivity contribution >= 4 is 23.4 Å². The number of hydrogen-bond donors (Lipinski definition) is 2. The van der Waals surface area contributed by atoms with E-state index in [1.165, 1.54) is 11.8 Å². The molecule has 100 valence electrons. The maximum Gasteiger partial charge on any atom is 0.230 e. The largest absolute Gasteiger partial charge is 0.467 e. The van der Waals surface area contributed by atoms with Gasteiger partial charge in [-0.1, -0.05) is 11.8 Å². The van der Waals surface area contributed by atoms with E-state index in [4.69, 9.17) is 10.2 Å². The number of carbonyl (C=O) groups excluding carboxylic acids is 1. The lowest BCUT2D eigenvalue weighted by molar-refractivity contribution is -0.119. The fourth-order valence-electron chi connectivity index (χ4n) is 1.51. The minimum atomic E-state index is -0.137. The third-order valence-electron chi connectivity index (χ3n) is 2.46. The zero-order valence-electron chi connectivity index (χ0n) is 10.5. The van der Waals surface area contributed by atoms with Gasteiger partial charge in [-0.3, -0.25) is 4.79 Å². The molecule has 0 radical (unpaired) electrons. The number of aromatic nitrogens is 1. The molecule has 2 rings (SSSR count). The summed E-state index contributed by atoms with van der Waals surface area (Å²) >= 11 is 1.37. The van der Waals surface area contributed by atoms with Crippen LogP contribution < -0.4 is 11.1 Å². The molecule has 0 aromatic carbocycles. The highest BCUT2D eigenvalue weighted by Crippen LogP contribution is 2.17. The topological polar surface area (TPSA) is 81.2 Å². The molecule has 1 atom stereocenters. The number of carbonyl (C=O) groups is 1. The van der Waals surface area contributed by atoms with E-state index in [1.54, 1.807) is 30.7 Å². The first-order valence-corrected chi connectivity index (χ1v) is 6.81. The Morgan fingerprint density at radius 1 is 1.53 bits per heavy atom. The summed E-state index contributed by atoms with van der Waals surface area (Å²) in [5, 5.41) is 3.63. The van der Waals surface area contributed by atoms with Gasteiger partial charge >= 0.3 is 0 Å². The molecular formula is C13H15N3O2S. The van der Waals surface area contributed by atoms with Crippen LogP contribution in [-0.2, 0) is 4.79 Å². The van der Waals surface area contributed by atoms with Crippen LogP contribution >= 0.6 is 11.8 Å². The smallest absolute Gasteiger partial charge is 0.230 e. The van der Waals surface area contributed by atoms with Crippen LogP contribution in [0.3, 0.4) is 0 Å². The Morgan fingerprint density at radius 3 is 3.00 bits per heavy atom. The van der Waals surface area contributed by atoms with Gasteiger partial charge < -0.3 is 15.5 Å². The molecule has 6 heteroatoms. The number of nitrogen functional groups attached to an aromatic ring is 1. The monoisotopic (exact) mass is 277 g/mol. The maximum absolute atomic E-state index is 11.8. The molecule has 0 aliphatic carbocycles. The van der Waals surface area contributed by atoms with Gasteiger partial charge in [-0.15, -0.1) is 0 Å². The zero-order chi connectivity index (χ0) is 13.7. The molecule has 0 aliphatic rings. The molecule has 0 fully saturated rings. The van der Waals surface area contributed by atoms with Crippen molar-refractivity contribution in [3.8, 4) is 0 Å². The van der Waals surface area contributed by atoms with Gasteiger partial charge in [-0.25, -0.2) is 4.98 Å². The summed E-state index contributed by atoms with van der Waals surface area (Å²) in [4.78, 5) is 15.9. The van der Waals surface area contributed by atoms with Crippen molar-refractivity contribution in [3.05, 3.63) is 42.5 Å². The van der Waals surface area contributed by atoms with E-state index < -0.39 is 0 Å². The summed E-state index contributed by atoms with van der Waals surface area (Å²) < 4.78 is 5.22. The first-order chi connectivity index (χ1) is 9.15. The van der Waals surface area contributed by atoms with E-state index >= 15 is 0 Å². The molecule has 2 aromatic heterocycles. The Hall–Kier alpha value is -1.95. The summed E-state index contributed by atoms with van der Waals surface area (Å²) in [5.41, 5.74) is 6.15. The molecule has 2 heterocycles. The van der Waals surface area contributed by atoms with E-state index in [-0.39, 0.29) is 11.9 Å². The second-order valence-corrected chi connectivity index (χ2v) is 5.02. The fraction of sp³-hybridized carbons (Fsp3) is 0.231. The van der Waals surface area contributed by atoms with Crippen LogP contribution in [0.15, 0.2) is 46.2 Å². The summed E-state index contributed by atoms with van der Waals surface area (Å²) in [6, 6.07) is 7.05. The van der Waals surface area contributed by atoms with Crippen molar-refractivity contribution in [2.75, 3.05) is 11.5 Å². The van der Waals surface area contributed by atoms with Gasteiger partial charge in [0, 0.05) is 0 Å². The molecule has 0 saturated heterocycles. The quantitative estimate of drug-likeness (QED) is 0.819. The van der Waals surface area contributed by atoms with Crippen LogP contribution in [-0.4, -0.2) is 16.6 Å². The minimum Gasteiger partial charge on any atom is -0.467 e. The number of thioether (sulfide) groups is 1. The number of rotatable bonds is 5. The second-order valence-electron chi connectivity index (χ2n) is 4.02. The van der Waals surface area contributed by atoms with E-state index in [1.807, 2.05) is 13.0 Å². The predicted molar refractivity (Wildman–Crippen MR) is 74.6 cm³/mol. The first-order valence-electron chi connectivity index (χ1n) is 5.82. The summed E-state index contributed by atoms with van der Waals surface area (Å²) in [6.07, 6.45) is 3.16. The number of furan rings is 1. The molecule has 19 heavy (non-hydrogen) atoms. The Kier molecular flexibility index (Phi) is 4.46. The number of nitrogens with two attached hydrogens (primary N) is 1. The Balaban J connectivity index is 1.80. The number of amides is 1. The summed E-state index contributed by atoms with van der Waals surface area (Å²) in [6.45, 7) is 1.88. The van der Waals surface area contributed by atoms with E-state index in [0.29, 0.717) is 11.4 Å². The molecule has 5 nitrogen and oxygen atoms in total. The number of nitrogens with zero attached hydrogens (tertiary/aromatic N) is 1. The molecule has 2 aromatic rings. The minimum absolute atomic E-state index is 0.0625. The van der Waals surface area contributed by atoms with Crippen molar-refractivity contribution in [1.29, 1.82) is 0 Å². The highest BCUT2D eigenvalue weighted by Gasteiger charge is 2.12. The van der Waals surface area contributed by atoms with E-state index in [9.17, 15) is 4.79 Å². The molecule has 0 spiro atoms. The number of nitrogens with one attached hydrogen (secondary N) is 1. The van der Waals surface area contributed by atoms with Crippen LogP contribution in [0.2, 0.25) is 0 Å². The number of hydrogen-bond acceptors (Lipinski definition) is 5. The second kappa shape index (κ2) is 6.29. The lowest BCUT2D eigenvalue weighted by Crippen LogP contribution is -2.27. The van der Waals surface area contributed by atoms with Crippen LogP contribution in [0.1, 0.15) is 18.7 Å². The third kappa shape index (κ3) is 4.03. The van der Waals surface area contributed by atoms with Gasteiger partial charge in [0.15, 0.2) is 0 Å². The molecule has 0 saturated carbocycles. The van der Waals surface area contributed by atoms with Gasteiger partial charge in [0.2, 0.25) is 5.91 Å². The van der Waals surface area contributed by atoms with Crippen LogP contribution in [0.4, 0.5) is 5.69 Å². The molecule has 0 bridgehead atoms. The van der Waals surface area contributed by atoms with Crippen molar-refractivity contribution in [2.45, 2.75) is 18.0 Å². The average Bonchev–Trinajstić information content (AvgIpc) is 2.92. The van der Waals surface area contributed by atoms with Crippen LogP contribution in [0.25, 0.3) is 0 Å². The van der Waals surface area contributed by atoms with Gasteiger partial charge in [0.05, 0.1) is 35.0 Å². The van der Waals surface area contributed by atoms with Crippen molar-refractivity contribution in [3.63, 3.8) is 0 Å². The van der Waals surface area contributed by atoms with Crippen molar-refractivity contribution < 1.29 is 9.21 Å². The van der Waals surface area contributed by atoms with E-state index in [0.717, 1.165) is 10.8 Å². The standard InChI is InChI=1S/C13H15N3O2S/c1-9(11-3-2-6-18-11)16-12(17)8-19-13-5-4-10(14)7-15-13/h2-7,9H,8,14H2,1H3,(H,16,17).